The molecule has 190 valence electrons. The van der Waals surface area contributed by atoms with Gasteiger partial charge in [-0.05, 0) is 62.3 Å². The van der Waals surface area contributed by atoms with Crippen molar-refractivity contribution in [1.29, 1.82) is 0 Å². The summed E-state index contributed by atoms with van der Waals surface area (Å²) in [4.78, 5) is 24.3. The Kier molecular flexibility index (Phi) is 8.64. The maximum Gasteiger partial charge on any atom is 0.248 e. The predicted octanol–water partition coefficient (Wildman–Crippen LogP) is 4.34. The van der Waals surface area contributed by atoms with Gasteiger partial charge in [-0.1, -0.05) is 60.1 Å². The monoisotopic (exact) mass is 500 g/mol. The summed E-state index contributed by atoms with van der Waals surface area (Å²) in [6, 6.07) is 26.1. The molecule has 2 aromatic heterocycles. The van der Waals surface area contributed by atoms with E-state index in [-0.39, 0.29) is 5.56 Å². The molecule has 5 nitrogen and oxygen atoms in total. The minimum Gasteiger partial charge on any atom is -0.320 e. The number of benzene rings is 2. The van der Waals surface area contributed by atoms with Crippen LogP contribution in [0.1, 0.15) is 29.7 Å². The Hall–Kier alpha value is -4.16. The van der Waals surface area contributed by atoms with E-state index in [0.29, 0.717) is 19.1 Å². The third-order valence-electron chi connectivity index (χ3n) is 7.04. The van der Waals surface area contributed by atoms with Gasteiger partial charge in [0.1, 0.15) is 0 Å². The average Bonchev–Trinajstić information content (AvgIpc) is 2.97. The molecular weight excluding hydrogens is 468 g/mol. The van der Waals surface area contributed by atoms with E-state index in [4.69, 9.17) is 0 Å². The second-order valence-corrected chi connectivity index (χ2v) is 9.61. The van der Waals surface area contributed by atoms with E-state index in [2.05, 4.69) is 43.4 Å². The molecule has 38 heavy (non-hydrogen) atoms. The number of pyridine rings is 2. The summed E-state index contributed by atoms with van der Waals surface area (Å²) in [5, 5.41) is 1.03. The van der Waals surface area contributed by atoms with E-state index in [1.807, 2.05) is 79.0 Å². The first-order valence-corrected chi connectivity index (χ1v) is 13.3. The second kappa shape index (κ2) is 12.9. The van der Waals surface area contributed by atoms with Crippen LogP contribution in [0.2, 0.25) is 0 Å². The first-order valence-electron chi connectivity index (χ1n) is 13.3. The molecule has 5 heteroatoms. The normalized spacial score (nSPS) is 14.0. The fourth-order valence-corrected chi connectivity index (χ4v) is 4.94. The molecule has 0 spiro atoms. The van der Waals surface area contributed by atoms with Crippen molar-refractivity contribution < 1.29 is 0 Å². The number of H-pyrrole nitrogens is 1. The molecule has 1 N–H and O–H groups in total. The molecule has 0 bridgehead atoms. The Labute approximate surface area is 224 Å². The highest BCUT2D eigenvalue weighted by molar-refractivity contribution is 5.79. The zero-order chi connectivity index (χ0) is 26.0. The number of nitrogens with one attached hydrogen (secondary N) is 1. The molecule has 1 saturated heterocycles. The summed E-state index contributed by atoms with van der Waals surface area (Å²) in [5.74, 6) is 13.4. The van der Waals surface area contributed by atoms with Crippen LogP contribution >= 0.6 is 0 Å². The molecule has 4 aromatic rings. The van der Waals surface area contributed by atoms with Gasteiger partial charge in [0.25, 0.3) is 0 Å². The topological polar surface area (TPSA) is 52.2 Å². The van der Waals surface area contributed by atoms with Crippen molar-refractivity contribution >= 4 is 10.9 Å². The first kappa shape index (κ1) is 25.5. The van der Waals surface area contributed by atoms with E-state index >= 15 is 0 Å². The minimum absolute atomic E-state index is 0.0848. The van der Waals surface area contributed by atoms with E-state index in [9.17, 15) is 4.79 Å². The van der Waals surface area contributed by atoms with Crippen molar-refractivity contribution in [2.45, 2.75) is 25.3 Å². The zero-order valence-corrected chi connectivity index (χ0v) is 21.6. The summed E-state index contributed by atoms with van der Waals surface area (Å²) in [7, 11) is 0. The van der Waals surface area contributed by atoms with Gasteiger partial charge in [0, 0.05) is 47.8 Å². The molecule has 1 fully saturated rings. The molecule has 0 unspecified atom stereocenters. The SMILES string of the molecule is O=c1ccc2ccnc(CCN3CCC(N(CC#Cc4ccccc4)CC#Cc4ccccc4)CC3)c2[nH]1. The Morgan fingerprint density at radius 3 is 2.11 bits per heavy atom. The van der Waals surface area contributed by atoms with Gasteiger partial charge in [0.15, 0.2) is 0 Å². The molecule has 2 aromatic carbocycles. The van der Waals surface area contributed by atoms with E-state index in [0.717, 1.165) is 66.6 Å². The van der Waals surface area contributed by atoms with E-state index < -0.39 is 0 Å². The van der Waals surface area contributed by atoms with Crippen LogP contribution in [0.15, 0.2) is 89.9 Å². The van der Waals surface area contributed by atoms with Crippen molar-refractivity contribution in [3.05, 3.63) is 112 Å². The van der Waals surface area contributed by atoms with Gasteiger partial charge in [-0.2, -0.15) is 0 Å². The van der Waals surface area contributed by atoms with Gasteiger partial charge >= 0.3 is 0 Å². The lowest BCUT2D eigenvalue weighted by Gasteiger charge is -2.37. The van der Waals surface area contributed by atoms with Crippen molar-refractivity contribution in [1.82, 2.24) is 19.8 Å². The molecule has 0 amide bonds. The number of fused-ring (bicyclic) bond motifs is 1. The highest BCUT2D eigenvalue weighted by Crippen LogP contribution is 2.18. The maximum atomic E-state index is 11.8. The number of rotatable bonds is 6. The van der Waals surface area contributed by atoms with Crippen molar-refractivity contribution in [3.63, 3.8) is 0 Å². The van der Waals surface area contributed by atoms with Gasteiger partial charge in [-0.15, -0.1) is 0 Å². The van der Waals surface area contributed by atoms with Crippen molar-refractivity contribution in [3.8, 4) is 23.7 Å². The fourth-order valence-electron chi connectivity index (χ4n) is 4.94. The van der Waals surface area contributed by atoms with Crippen LogP contribution in [0.25, 0.3) is 10.9 Å². The lowest BCUT2D eigenvalue weighted by Crippen LogP contribution is -2.45. The number of aromatic amines is 1. The second-order valence-electron chi connectivity index (χ2n) is 9.61. The summed E-state index contributed by atoms with van der Waals surface area (Å²) in [6.45, 7) is 4.39. The van der Waals surface area contributed by atoms with Gasteiger partial charge in [0.05, 0.1) is 24.3 Å². The number of likely N-dealkylation sites (tertiary alicyclic amines) is 1. The highest BCUT2D eigenvalue weighted by Gasteiger charge is 2.24. The van der Waals surface area contributed by atoms with E-state index in [1.54, 1.807) is 6.07 Å². The third-order valence-corrected chi connectivity index (χ3v) is 7.04. The molecule has 3 heterocycles. The standard InChI is InChI=1S/C33H32N4O/c38-32-16-15-29-17-21-34-31(33(29)35-32)20-26-36-24-18-30(19-25-36)37(22-7-13-27-9-3-1-4-10-27)23-8-14-28-11-5-2-6-12-28/h1-6,9-12,15-17,21,30H,18-20,22-26H2,(H,35,38). The van der Waals surface area contributed by atoms with Crippen LogP contribution in [-0.4, -0.2) is 58.5 Å². The maximum absolute atomic E-state index is 11.8. The fraction of sp³-hybridized carbons (Fsp3) is 0.273. The number of hydrogen-bond acceptors (Lipinski definition) is 4. The molecular formula is C33H32N4O. The van der Waals surface area contributed by atoms with Crippen LogP contribution in [-0.2, 0) is 6.42 Å². The van der Waals surface area contributed by atoms with Crippen LogP contribution in [0.4, 0.5) is 0 Å². The molecule has 0 aliphatic carbocycles. The molecule has 0 atom stereocenters. The number of nitrogens with zero attached hydrogens (tertiary/aromatic N) is 3. The average molecular weight is 501 g/mol. The molecule has 0 saturated carbocycles. The minimum atomic E-state index is -0.0848. The van der Waals surface area contributed by atoms with Gasteiger partial charge in [0.2, 0.25) is 5.56 Å². The summed E-state index contributed by atoms with van der Waals surface area (Å²) < 4.78 is 0. The molecule has 0 radical (unpaired) electrons. The zero-order valence-electron chi connectivity index (χ0n) is 21.6. The largest absolute Gasteiger partial charge is 0.320 e. The van der Waals surface area contributed by atoms with E-state index in [1.165, 1.54) is 0 Å². The number of piperidine rings is 1. The Morgan fingerprint density at radius 1 is 0.842 bits per heavy atom. The summed E-state index contributed by atoms with van der Waals surface area (Å²) >= 11 is 0. The smallest absolute Gasteiger partial charge is 0.248 e. The Bertz CT molecular complexity index is 1460. The lowest BCUT2D eigenvalue weighted by molar-refractivity contribution is 0.129. The first-order chi connectivity index (χ1) is 18.7. The van der Waals surface area contributed by atoms with Crippen LogP contribution < -0.4 is 5.56 Å². The highest BCUT2D eigenvalue weighted by atomic mass is 16.1. The van der Waals surface area contributed by atoms with Crippen LogP contribution in [0, 0.1) is 23.7 Å². The van der Waals surface area contributed by atoms with Gasteiger partial charge in [-0.25, -0.2) is 0 Å². The Morgan fingerprint density at radius 2 is 1.47 bits per heavy atom. The lowest BCUT2D eigenvalue weighted by atomic mass is 10.0. The predicted molar refractivity (Wildman–Crippen MR) is 154 cm³/mol. The van der Waals surface area contributed by atoms with Gasteiger partial charge < -0.3 is 9.88 Å². The number of hydrogen-bond donors (Lipinski definition) is 1. The van der Waals surface area contributed by atoms with Crippen LogP contribution in [0.5, 0.6) is 0 Å². The van der Waals surface area contributed by atoms with Gasteiger partial charge in [-0.3, -0.25) is 14.7 Å². The third kappa shape index (κ3) is 6.99. The van der Waals surface area contributed by atoms with Crippen molar-refractivity contribution in [2.75, 3.05) is 32.7 Å². The molecule has 1 aliphatic rings. The van der Waals surface area contributed by atoms with Crippen LogP contribution in [0.3, 0.4) is 0 Å². The summed E-state index contributed by atoms with van der Waals surface area (Å²) in [6.07, 6.45) is 4.81. The van der Waals surface area contributed by atoms with Crippen molar-refractivity contribution in [2.24, 2.45) is 0 Å². The Balaban J connectivity index is 1.20. The summed E-state index contributed by atoms with van der Waals surface area (Å²) in [5.41, 5.74) is 3.81. The number of aromatic nitrogens is 2. The molecule has 1 aliphatic heterocycles. The quantitative estimate of drug-likeness (QED) is 0.401. The molecule has 5 rings (SSSR count).